The Kier molecular flexibility index (Phi) is 36.0. The number of imidazole rings is 1. The van der Waals surface area contributed by atoms with Gasteiger partial charge in [-0.3, -0.25) is 76.7 Å². The number of H-pyrrole nitrogens is 3. The van der Waals surface area contributed by atoms with Crippen molar-refractivity contribution in [1.82, 2.24) is 92.3 Å². The second kappa shape index (κ2) is 46.6. The van der Waals surface area contributed by atoms with E-state index in [4.69, 9.17) is 5.73 Å². The van der Waals surface area contributed by atoms with Gasteiger partial charge in [0.05, 0.1) is 43.7 Å². The number of aliphatic hydroxyl groups excluding tert-OH is 1. The van der Waals surface area contributed by atoms with E-state index in [1.54, 1.807) is 32.3 Å². The molecule has 0 bridgehead atoms. The van der Waals surface area contributed by atoms with E-state index < -0.39 is 199 Å². The summed E-state index contributed by atoms with van der Waals surface area (Å²) in [5, 5.41) is 47.5. The van der Waals surface area contributed by atoms with Gasteiger partial charge in [-0.25, -0.2) is 4.98 Å². The van der Waals surface area contributed by atoms with Crippen molar-refractivity contribution in [3.05, 3.63) is 120 Å². The smallest absolute Gasteiger partial charge is 0.246 e. The van der Waals surface area contributed by atoms with Gasteiger partial charge in [0, 0.05) is 126 Å². The maximum atomic E-state index is 15.5. The first-order valence-corrected chi connectivity index (χ1v) is 43.9. The number of nitrogens with one attached hydrogen (secondary N) is 12. The second-order valence-corrected chi connectivity index (χ2v) is 34.4. The Morgan fingerprint density at radius 3 is 1.70 bits per heavy atom. The van der Waals surface area contributed by atoms with E-state index in [-0.39, 0.29) is 126 Å². The molecule has 127 heavy (non-hydrogen) atoms. The number of unbranched alkanes of at least 4 members (excludes halogenated alkanes) is 2. The van der Waals surface area contributed by atoms with Gasteiger partial charge < -0.3 is 103 Å². The molecule has 6 aromatic rings. The number of benzene rings is 3. The lowest BCUT2D eigenvalue weighted by Crippen LogP contribution is -2.60. The molecule has 15 amide bonds. The number of nitrogens with zero attached hydrogens (tertiary/aromatic N) is 6. The highest BCUT2D eigenvalue weighted by molar-refractivity contribution is 6.02. The maximum Gasteiger partial charge on any atom is 0.246 e. The third kappa shape index (κ3) is 27.2. The molecule has 37 nitrogen and oxygen atoms in total. The monoisotopic (exact) mass is 1760 g/mol. The summed E-state index contributed by atoms with van der Waals surface area (Å²) < 4.78 is 0. The number of carbonyl (C=O) groups is 16. The average Bonchev–Trinajstić information content (AvgIpc) is 1.72. The largest absolute Gasteiger partial charge is 0.508 e. The molecule has 37 heteroatoms. The molecule has 3 aliphatic rings. The number of aliphatic hydroxyl groups is 1. The van der Waals surface area contributed by atoms with Crippen LogP contribution >= 0.6 is 0 Å². The molecule has 16 N–H and O–H groups in total. The number of para-hydroxylation sites is 2. The SMILES string of the molecule is CCCC[C@H]1C(=O)N(C)[C@@H](CCCC)C(=O)N[C@@H](CC(C)C)C(=O)NCCCC(=O)NCC(=O)N[C@@H](Cc2ccc(O)cc2)C(=O)N(C)[C@@H](C)C(=O)N[C@@H](CC(N)=O)C(=O)N2CCC[C@H]2C(=O)N[C@@H](Cc2c[nH]cn2)C(=O)N[C@@H](CC(C)C)C(=O)N2C[C@H](O)C[C@H]2C(=O)C[C@@H](Cc2c[nH]c3ccccc23)C(=O)NCC(=O)N[C@@H](Cc2c[nH]c3ccccc23)C(=O)N1C. The van der Waals surface area contributed by atoms with Crippen LogP contribution in [0.5, 0.6) is 5.75 Å². The molecule has 3 aromatic heterocycles. The first-order chi connectivity index (χ1) is 60.5. The van der Waals surface area contributed by atoms with Crippen LogP contribution in [0.15, 0.2) is 97.7 Å². The lowest BCUT2D eigenvalue weighted by Gasteiger charge is -2.36. The number of phenolic OH excluding ortho intramolecular Hbond substituents is 1. The van der Waals surface area contributed by atoms with Gasteiger partial charge in [0.2, 0.25) is 88.6 Å². The van der Waals surface area contributed by atoms with Gasteiger partial charge in [0.1, 0.15) is 66.2 Å². The lowest BCUT2D eigenvalue weighted by molar-refractivity contribution is -0.149. The third-order valence-corrected chi connectivity index (χ3v) is 23.7. The van der Waals surface area contributed by atoms with Crippen molar-refractivity contribution in [2.24, 2.45) is 23.5 Å². The lowest BCUT2D eigenvalue weighted by atomic mass is 9.90. The zero-order valence-corrected chi connectivity index (χ0v) is 74.1. The minimum absolute atomic E-state index is 0.0235. The predicted octanol–water partition coefficient (Wildman–Crippen LogP) is 1.78. The number of ketones is 1. The number of carbonyl (C=O) groups excluding carboxylic acids is 16. The standard InChI is InChI=1S/C90H125N19O18/c1-11-13-25-71-84(121)101-65(35-51(3)4)82(119)93-33-19-28-77(114)96-47-78(115)99-68(37-54-29-31-59(110)32-30-54)86(123)105(8)53(7)80(117)103-70(43-76(91)113)88(125)108-34-20-27-72(108)85(122)102-66(41-58-46-92-50-98-58)83(120)104-67(36-52(5)6)89(126)109-49-60(111)42-74(109)75(112)40-55(38-56-44-94-63-23-17-15-21-61(56)63)81(118)97-48-79(116)100-69(39-57-45-95-64-24-18-16-22-62(57)64)87(124)107(10)73(26-14-12-2)90(127)106(71)9/h15-18,21-24,29-32,44-46,50-53,55,60,65-74,94-95,110-111H,11-14,19-20,25-28,33-43,47-49H2,1-10H3,(H2,91,113)(H,92,98)(H,93,119)(H,96,114)(H,97,118)(H,99,115)(H,100,116)(H,101,121)(H,102,122)(H,103,117)(H,104,120)/t53-,55+,60+,65-,66-,67-,68-,69-,70-,71-,72-,73-,74-/m0/s1. The van der Waals surface area contributed by atoms with Gasteiger partial charge >= 0.3 is 0 Å². The molecule has 3 fully saturated rings. The fraction of sp³-hybridized carbons (Fsp3) is 0.544. The van der Waals surface area contributed by atoms with Crippen LogP contribution in [0, 0.1) is 17.8 Å². The van der Waals surface area contributed by atoms with E-state index in [1.165, 1.54) is 74.7 Å². The summed E-state index contributed by atoms with van der Waals surface area (Å²) >= 11 is 0. The summed E-state index contributed by atoms with van der Waals surface area (Å²) in [5.74, 6) is -14.3. The highest BCUT2D eigenvalue weighted by Gasteiger charge is 2.46. The summed E-state index contributed by atoms with van der Waals surface area (Å²) in [4.78, 5) is 253. The number of hydrogen-bond donors (Lipinski definition) is 15. The molecule has 6 heterocycles. The summed E-state index contributed by atoms with van der Waals surface area (Å²) in [6.07, 6.45) is 5.29. The predicted molar refractivity (Wildman–Crippen MR) is 469 cm³/mol. The molecule has 3 aliphatic heterocycles. The molecule has 0 saturated carbocycles. The number of aromatic amines is 3. The van der Waals surface area contributed by atoms with Crippen molar-refractivity contribution in [1.29, 1.82) is 0 Å². The van der Waals surface area contributed by atoms with E-state index >= 15 is 28.8 Å². The second-order valence-electron chi connectivity index (χ2n) is 34.4. The minimum atomic E-state index is -1.73. The topological polar surface area (TPSA) is 524 Å². The molecule has 13 atom stereocenters. The molecular weight excluding hydrogens is 1640 g/mol. The van der Waals surface area contributed by atoms with Crippen LogP contribution in [0.4, 0.5) is 0 Å². The van der Waals surface area contributed by atoms with Crippen LogP contribution in [0.3, 0.4) is 0 Å². The number of fused-ring (bicyclic) bond motifs is 4. The van der Waals surface area contributed by atoms with Gasteiger partial charge in [-0.15, -0.1) is 0 Å². The van der Waals surface area contributed by atoms with Crippen LogP contribution in [0.2, 0.25) is 0 Å². The average molecular weight is 1760 g/mol. The number of likely N-dealkylation sites (N-methyl/N-ethyl adjacent to an activating group) is 3. The number of phenols is 1. The fourth-order valence-corrected chi connectivity index (χ4v) is 16.6. The molecule has 0 radical (unpaired) electrons. The van der Waals surface area contributed by atoms with Crippen molar-refractivity contribution >= 4 is 116 Å². The Hall–Kier alpha value is -12.6. The number of nitrogens with two attached hydrogens (primary N) is 1. The number of primary amides is 1. The van der Waals surface area contributed by atoms with Crippen LogP contribution < -0.4 is 53.6 Å². The molecule has 3 saturated heterocycles. The van der Waals surface area contributed by atoms with Gasteiger partial charge in [-0.1, -0.05) is 116 Å². The van der Waals surface area contributed by atoms with E-state index in [0.29, 0.717) is 47.9 Å². The normalized spacial score (nSPS) is 24.8. The number of rotatable bonds is 20. The molecule has 0 unspecified atom stereocenters. The van der Waals surface area contributed by atoms with Crippen molar-refractivity contribution in [2.75, 3.05) is 53.9 Å². The van der Waals surface area contributed by atoms with Crippen LogP contribution in [0.1, 0.15) is 167 Å². The van der Waals surface area contributed by atoms with Crippen molar-refractivity contribution in [2.45, 2.75) is 243 Å². The van der Waals surface area contributed by atoms with Gasteiger partial charge in [-0.2, -0.15) is 0 Å². The molecule has 3 aromatic carbocycles. The minimum Gasteiger partial charge on any atom is -0.508 e. The molecule has 688 valence electrons. The third-order valence-electron chi connectivity index (χ3n) is 23.7. The van der Waals surface area contributed by atoms with Crippen LogP contribution in [-0.4, -0.2) is 275 Å². The van der Waals surface area contributed by atoms with Crippen LogP contribution in [0.25, 0.3) is 21.8 Å². The van der Waals surface area contributed by atoms with Gasteiger partial charge in [0.15, 0.2) is 5.78 Å². The Bertz CT molecular complexity index is 4870. The number of amides is 15. The van der Waals surface area contributed by atoms with Gasteiger partial charge in [0.25, 0.3) is 0 Å². The van der Waals surface area contributed by atoms with Crippen LogP contribution in [-0.2, 0) is 102 Å². The zero-order chi connectivity index (χ0) is 92.5. The summed E-state index contributed by atoms with van der Waals surface area (Å²) in [7, 11) is 4.16. The zero-order valence-electron chi connectivity index (χ0n) is 74.1. The number of aromatic nitrogens is 4. The van der Waals surface area contributed by atoms with Crippen molar-refractivity contribution in [3.8, 4) is 5.75 Å². The maximum absolute atomic E-state index is 15.5. The number of hydrogen-bond acceptors (Lipinski definition) is 19. The Morgan fingerprint density at radius 2 is 1.09 bits per heavy atom. The highest BCUT2D eigenvalue weighted by Crippen LogP contribution is 2.30. The first kappa shape index (κ1) is 98.2. The van der Waals surface area contributed by atoms with Crippen molar-refractivity contribution in [3.63, 3.8) is 0 Å². The number of aromatic hydroxyl groups is 1. The highest BCUT2D eigenvalue weighted by atomic mass is 16.3. The van der Waals surface area contributed by atoms with Crippen molar-refractivity contribution < 1.29 is 86.9 Å². The molecule has 9 rings (SSSR count). The quantitative estimate of drug-likeness (QED) is 0.0518. The summed E-state index contributed by atoms with van der Waals surface area (Å²) in [6, 6.07) is 5.17. The summed E-state index contributed by atoms with van der Waals surface area (Å²) in [5.41, 5.74) is 9.12. The fourth-order valence-electron chi connectivity index (χ4n) is 16.6. The van der Waals surface area contributed by atoms with E-state index in [2.05, 4.69) is 67.8 Å². The van der Waals surface area contributed by atoms with E-state index in [9.17, 15) is 58.2 Å². The summed E-state index contributed by atoms with van der Waals surface area (Å²) in [6.45, 7) is 10.5. The Labute approximate surface area is 738 Å². The molecule has 0 spiro atoms. The molecule has 0 aliphatic carbocycles. The molecular formula is C90H125N19O18. The number of Topliss-reactive ketones (excluding diaryl/α,β-unsaturated/α-hetero) is 1. The van der Waals surface area contributed by atoms with E-state index in [1.807, 2.05) is 70.2 Å². The van der Waals surface area contributed by atoms with E-state index in [0.717, 1.165) is 31.0 Å². The Morgan fingerprint density at radius 1 is 0.528 bits per heavy atom. The van der Waals surface area contributed by atoms with Gasteiger partial charge in [-0.05, 0) is 111 Å². The Balaban J connectivity index is 1.04. The first-order valence-electron chi connectivity index (χ1n) is 43.9.